The Hall–Kier alpha value is -1.34. The van der Waals surface area contributed by atoms with Crippen LogP contribution in [-0.2, 0) is 10.7 Å². The van der Waals surface area contributed by atoms with Gasteiger partial charge in [-0.15, -0.1) is 4.95 Å². The largest absolute Gasteiger partial charge is 0.497 e. The Balaban J connectivity index is 3.03. The zero-order valence-corrected chi connectivity index (χ0v) is 8.34. The van der Waals surface area contributed by atoms with E-state index in [1.54, 1.807) is 7.11 Å². The van der Waals surface area contributed by atoms with E-state index in [4.69, 9.17) is 11.3 Å². The number of hydrogen-bond acceptors (Lipinski definition) is 2. The monoisotopic (exact) mass is 194 g/mol. The highest BCUT2D eigenvalue weighted by Gasteiger charge is 1.99. The predicted molar refractivity (Wildman–Crippen MR) is 53.6 cm³/mol. The molecule has 0 aliphatic carbocycles. The molecular formula is C9H10N2OS. The average Bonchev–Trinajstić information content (AvgIpc) is 2.18. The third-order valence-electron chi connectivity index (χ3n) is 1.55. The number of benzene rings is 1. The number of rotatable bonds is 2. The van der Waals surface area contributed by atoms with E-state index in [-0.39, 0.29) is 10.7 Å². The van der Waals surface area contributed by atoms with Gasteiger partial charge in [-0.3, -0.25) is 0 Å². The lowest BCUT2D eigenvalue weighted by Gasteiger charge is -2.01. The van der Waals surface area contributed by atoms with Gasteiger partial charge < -0.3 is 4.74 Å². The fraction of sp³-hybridized carbons (Fsp3) is 0.222. The number of hydrogen-bond donors (Lipinski definition) is 0. The minimum absolute atomic E-state index is 0.354. The molecule has 0 aromatic heterocycles. The summed E-state index contributed by atoms with van der Waals surface area (Å²) in [6, 6.07) is 7.62. The van der Waals surface area contributed by atoms with E-state index in [9.17, 15) is 0 Å². The van der Waals surface area contributed by atoms with Gasteiger partial charge in [0.15, 0.2) is 0 Å². The standard InChI is InChI=1S/C9H10N2OS/c1-10-11-13(3)9-6-4-5-8(7-9)12-2/h4-7H,2-3H3. The Labute approximate surface area is 80.2 Å². The van der Waals surface area contributed by atoms with Gasteiger partial charge in [-0.25, -0.2) is 0 Å². The zero-order chi connectivity index (χ0) is 9.68. The quantitative estimate of drug-likeness (QED) is 0.524. The van der Waals surface area contributed by atoms with Gasteiger partial charge >= 0.3 is 0 Å². The number of methoxy groups -OCH3 is 1. The molecule has 3 nitrogen and oxygen atoms in total. The van der Waals surface area contributed by atoms with Gasteiger partial charge in [-0.2, -0.15) is 6.57 Å². The Morgan fingerprint density at radius 2 is 2.31 bits per heavy atom. The Kier molecular flexibility index (Phi) is 3.47. The van der Waals surface area contributed by atoms with Crippen molar-refractivity contribution in [3.63, 3.8) is 0 Å². The summed E-state index contributed by atoms with van der Waals surface area (Å²) < 4.78 is 8.80. The molecule has 13 heavy (non-hydrogen) atoms. The maximum atomic E-state index is 6.61. The van der Waals surface area contributed by atoms with Crippen molar-refractivity contribution in [3.8, 4) is 5.75 Å². The van der Waals surface area contributed by atoms with Crippen molar-refractivity contribution in [1.29, 1.82) is 0 Å². The lowest BCUT2D eigenvalue weighted by molar-refractivity contribution is 0.413. The van der Waals surface area contributed by atoms with E-state index in [0.29, 0.717) is 0 Å². The van der Waals surface area contributed by atoms with Crippen molar-refractivity contribution in [2.45, 2.75) is 4.90 Å². The van der Waals surface area contributed by atoms with Gasteiger partial charge in [-0.05, 0) is 18.2 Å². The molecular weight excluding hydrogens is 184 g/mol. The Bertz CT molecular complexity index is 368. The molecule has 1 aromatic carbocycles. The van der Waals surface area contributed by atoms with Crippen molar-refractivity contribution in [2.24, 2.45) is 4.47 Å². The highest BCUT2D eigenvalue weighted by molar-refractivity contribution is 7.86. The first kappa shape index (κ1) is 9.75. The first-order valence-corrected chi connectivity index (χ1v) is 5.24. The van der Waals surface area contributed by atoms with Crippen LogP contribution < -0.4 is 4.74 Å². The zero-order valence-electron chi connectivity index (χ0n) is 7.52. The Morgan fingerprint density at radius 1 is 1.54 bits per heavy atom. The summed E-state index contributed by atoms with van der Waals surface area (Å²) >= 11 is 0. The SMILES string of the molecule is [C-]#[N+]/N=S(/C)c1cccc(OC)c1. The normalized spacial score (nSPS) is 12.1. The summed E-state index contributed by atoms with van der Waals surface area (Å²) in [6.07, 6.45) is 1.91. The van der Waals surface area contributed by atoms with Gasteiger partial charge in [0.1, 0.15) is 10.2 Å². The molecule has 0 fully saturated rings. The molecule has 1 atom stereocenters. The van der Waals surface area contributed by atoms with E-state index in [1.807, 2.05) is 30.5 Å². The average molecular weight is 194 g/mol. The smallest absolute Gasteiger partial charge is 0.120 e. The molecule has 68 valence electrons. The number of ether oxygens (including phenoxy) is 1. The minimum atomic E-state index is -0.354. The fourth-order valence-corrected chi connectivity index (χ4v) is 1.67. The van der Waals surface area contributed by atoms with E-state index in [1.165, 1.54) is 0 Å². The van der Waals surface area contributed by atoms with Crippen molar-refractivity contribution in [2.75, 3.05) is 13.4 Å². The minimum Gasteiger partial charge on any atom is -0.497 e. The molecule has 0 saturated heterocycles. The first-order chi connectivity index (χ1) is 6.27. The van der Waals surface area contributed by atoms with E-state index in [2.05, 4.69) is 9.43 Å². The molecule has 0 aliphatic heterocycles. The van der Waals surface area contributed by atoms with Crippen LogP contribution in [0.1, 0.15) is 0 Å². The van der Waals surface area contributed by atoms with Crippen molar-refractivity contribution in [3.05, 3.63) is 35.8 Å². The molecule has 1 unspecified atom stereocenters. The van der Waals surface area contributed by atoms with Crippen molar-refractivity contribution < 1.29 is 4.74 Å². The van der Waals surface area contributed by atoms with E-state index in [0.717, 1.165) is 10.6 Å². The van der Waals surface area contributed by atoms with Crippen LogP contribution in [0.2, 0.25) is 0 Å². The van der Waals surface area contributed by atoms with Crippen LogP contribution in [0.4, 0.5) is 0 Å². The van der Waals surface area contributed by atoms with Crippen molar-refractivity contribution >= 4 is 10.7 Å². The molecule has 1 aromatic rings. The van der Waals surface area contributed by atoms with Gasteiger partial charge in [0.2, 0.25) is 0 Å². The summed E-state index contributed by atoms with van der Waals surface area (Å²) in [7, 11) is 1.27. The summed E-state index contributed by atoms with van der Waals surface area (Å²) in [5.41, 5.74) is 0. The second-order valence-corrected chi connectivity index (χ2v) is 3.93. The fourth-order valence-electron chi connectivity index (χ4n) is 0.893. The first-order valence-electron chi connectivity index (χ1n) is 3.65. The van der Waals surface area contributed by atoms with Crippen LogP contribution in [0.25, 0.3) is 4.95 Å². The summed E-state index contributed by atoms with van der Waals surface area (Å²) in [6.45, 7) is 6.61. The van der Waals surface area contributed by atoms with Crippen LogP contribution in [0, 0.1) is 6.57 Å². The molecule has 0 amide bonds. The summed E-state index contributed by atoms with van der Waals surface area (Å²) in [5.74, 6) is 0.803. The van der Waals surface area contributed by atoms with Gasteiger partial charge in [-0.1, -0.05) is 6.07 Å². The molecule has 0 bridgehead atoms. The molecule has 0 radical (unpaired) electrons. The second-order valence-electron chi connectivity index (χ2n) is 2.34. The highest BCUT2D eigenvalue weighted by atomic mass is 32.2. The highest BCUT2D eigenvalue weighted by Crippen LogP contribution is 2.15. The second kappa shape index (κ2) is 4.63. The van der Waals surface area contributed by atoms with E-state index >= 15 is 0 Å². The lowest BCUT2D eigenvalue weighted by atomic mass is 10.3. The molecule has 0 heterocycles. The van der Waals surface area contributed by atoms with Crippen LogP contribution in [0.3, 0.4) is 0 Å². The lowest BCUT2D eigenvalue weighted by Crippen LogP contribution is -1.88. The molecule has 0 aliphatic rings. The molecule has 4 heteroatoms. The molecule has 0 saturated carbocycles. The third-order valence-corrected chi connectivity index (χ3v) is 2.81. The van der Waals surface area contributed by atoms with Crippen molar-refractivity contribution in [1.82, 2.24) is 0 Å². The maximum Gasteiger partial charge on any atom is 0.120 e. The number of nitrogens with zero attached hydrogens (tertiary/aromatic N) is 2. The van der Waals surface area contributed by atoms with Crippen LogP contribution in [0.5, 0.6) is 5.75 Å². The maximum absolute atomic E-state index is 6.61. The van der Waals surface area contributed by atoms with Crippen LogP contribution in [0.15, 0.2) is 33.6 Å². The van der Waals surface area contributed by atoms with Crippen LogP contribution in [-0.4, -0.2) is 13.4 Å². The van der Waals surface area contributed by atoms with E-state index < -0.39 is 0 Å². The summed E-state index contributed by atoms with van der Waals surface area (Å²) in [4.78, 5) is 4.04. The summed E-state index contributed by atoms with van der Waals surface area (Å²) in [5, 5.41) is 0. The molecule has 1 rings (SSSR count). The van der Waals surface area contributed by atoms with Gasteiger partial charge in [0.25, 0.3) is 0 Å². The predicted octanol–water partition coefficient (Wildman–Crippen LogP) is 2.32. The van der Waals surface area contributed by atoms with Gasteiger partial charge in [0, 0.05) is 21.8 Å². The third kappa shape index (κ3) is 2.56. The molecule has 0 N–H and O–H groups in total. The Morgan fingerprint density at radius 3 is 2.92 bits per heavy atom. The molecule has 0 spiro atoms. The van der Waals surface area contributed by atoms with Crippen LogP contribution >= 0.6 is 0 Å². The van der Waals surface area contributed by atoms with Gasteiger partial charge in [0.05, 0.1) is 7.11 Å². The topological polar surface area (TPSA) is 25.9 Å².